The van der Waals surface area contributed by atoms with Crippen molar-refractivity contribution in [3.63, 3.8) is 0 Å². The van der Waals surface area contributed by atoms with Gasteiger partial charge in [0.15, 0.2) is 5.65 Å². The first-order chi connectivity index (χ1) is 7.44. The highest BCUT2D eigenvalue weighted by Gasteiger charge is 2.11. The molecule has 2 aromatic heterocycles. The van der Waals surface area contributed by atoms with E-state index in [4.69, 9.17) is 11.6 Å². The second-order valence-electron chi connectivity index (χ2n) is 5.00. The molecule has 0 aromatic carbocycles. The van der Waals surface area contributed by atoms with Gasteiger partial charge in [0, 0.05) is 12.7 Å². The van der Waals surface area contributed by atoms with Crippen molar-refractivity contribution in [1.82, 2.24) is 14.6 Å². The Hall–Kier alpha value is -1.29. The van der Waals surface area contributed by atoms with E-state index in [-0.39, 0.29) is 5.41 Å². The Morgan fingerprint density at radius 1 is 1.38 bits per heavy atom. The normalized spacial score (nSPS) is 12.0. The minimum Gasteiger partial charge on any atom is -0.352 e. The second kappa shape index (κ2) is 3.94. The fraction of sp³-hybridized carbons (Fsp3) is 0.455. The van der Waals surface area contributed by atoms with Gasteiger partial charge in [0.1, 0.15) is 0 Å². The molecule has 0 unspecified atom stereocenters. The van der Waals surface area contributed by atoms with Crippen LogP contribution in [0.3, 0.4) is 0 Å². The van der Waals surface area contributed by atoms with Crippen LogP contribution in [0.5, 0.6) is 0 Å². The van der Waals surface area contributed by atoms with E-state index in [1.807, 2.05) is 6.07 Å². The van der Waals surface area contributed by atoms with Crippen molar-refractivity contribution in [3.8, 4) is 0 Å². The van der Waals surface area contributed by atoms with Gasteiger partial charge in [-0.3, -0.25) is 0 Å². The first kappa shape index (κ1) is 11.2. The number of hydrogen-bond acceptors (Lipinski definition) is 3. The zero-order chi connectivity index (χ0) is 11.8. The first-order valence-corrected chi connectivity index (χ1v) is 5.58. The zero-order valence-corrected chi connectivity index (χ0v) is 10.4. The van der Waals surface area contributed by atoms with E-state index in [1.165, 1.54) is 0 Å². The molecule has 0 aliphatic heterocycles. The average Bonchev–Trinajstić information content (AvgIpc) is 2.55. The molecule has 86 valence electrons. The highest BCUT2D eigenvalue weighted by molar-refractivity contribution is 6.30. The molecule has 2 aromatic rings. The van der Waals surface area contributed by atoms with Gasteiger partial charge in [-0.25, -0.2) is 4.52 Å². The summed E-state index contributed by atoms with van der Waals surface area (Å²) in [5, 5.41) is 8.15. The summed E-state index contributed by atoms with van der Waals surface area (Å²) >= 11 is 5.87. The predicted octanol–water partition coefficient (Wildman–Crippen LogP) is 2.84. The van der Waals surface area contributed by atoms with Crippen molar-refractivity contribution < 1.29 is 0 Å². The van der Waals surface area contributed by atoms with Gasteiger partial charge in [0.25, 0.3) is 0 Å². The minimum absolute atomic E-state index is 0.203. The molecule has 0 saturated carbocycles. The van der Waals surface area contributed by atoms with Crippen LogP contribution >= 0.6 is 11.6 Å². The lowest BCUT2D eigenvalue weighted by molar-refractivity contribution is 0.442. The van der Waals surface area contributed by atoms with Crippen molar-refractivity contribution in [2.24, 2.45) is 5.41 Å². The van der Waals surface area contributed by atoms with Crippen LogP contribution in [0.2, 0.25) is 5.02 Å². The summed E-state index contributed by atoms with van der Waals surface area (Å²) < 4.78 is 1.67. The van der Waals surface area contributed by atoms with Gasteiger partial charge in [-0.15, -0.1) is 5.10 Å². The molecule has 5 heteroatoms. The molecule has 0 bridgehead atoms. The Labute approximate surface area is 99.6 Å². The fourth-order valence-corrected chi connectivity index (χ4v) is 1.43. The van der Waals surface area contributed by atoms with Gasteiger partial charge >= 0.3 is 0 Å². The fourth-order valence-electron chi connectivity index (χ4n) is 1.28. The largest absolute Gasteiger partial charge is 0.352 e. The van der Waals surface area contributed by atoms with Crippen LogP contribution < -0.4 is 5.32 Å². The molecule has 0 amide bonds. The number of hydrogen-bond donors (Lipinski definition) is 1. The van der Waals surface area contributed by atoms with Gasteiger partial charge in [-0.1, -0.05) is 32.4 Å². The summed E-state index contributed by atoms with van der Waals surface area (Å²) in [5.41, 5.74) is 0.996. The van der Waals surface area contributed by atoms with Gasteiger partial charge < -0.3 is 5.32 Å². The topological polar surface area (TPSA) is 42.2 Å². The molecule has 1 N–H and O–H groups in total. The van der Waals surface area contributed by atoms with E-state index in [0.717, 1.165) is 12.2 Å². The highest BCUT2D eigenvalue weighted by Crippen LogP contribution is 2.15. The molecule has 0 spiro atoms. The van der Waals surface area contributed by atoms with Crippen LogP contribution in [0.15, 0.2) is 18.3 Å². The zero-order valence-electron chi connectivity index (χ0n) is 9.66. The number of nitrogens with zero attached hydrogens (tertiary/aromatic N) is 3. The monoisotopic (exact) mass is 238 g/mol. The van der Waals surface area contributed by atoms with Gasteiger partial charge in [0.2, 0.25) is 5.95 Å². The van der Waals surface area contributed by atoms with Crippen molar-refractivity contribution in [2.45, 2.75) is 20.8 Å². The molecular formula is C11H15ClN4. The highest BCUT2D eigenvalue weighted by atomic mass is 35.5. The molecule has 0 saturated heterocycles. The molecule has 0 aliphatic rings. The molecule has 0 aliphatic carbocycles. The van der Waals surface area contributed by atoms with E-state index in [0.29, 0.717) is 11.0 Å². The third-order valence-electron chi connectivity index (χ3n) is 2.07. The van der Waals surface area contributed by atoms with Crippen LogP contribution in [-0.4, -0.2) is 21.1 Å². The van der Waals surface area contributed by atoms with Crippen LogP contribution in [0.1, 0.15) is 20.8 Å². The maximum Gasteiger partial charge on any atom is 0.243 e. The summed E-state index contributed by atoms with van der Waals surface area (Å²) in [5.74, 6) is 0.636. The van der Waals surface area contributed by atoms with Crippen LogP contribution in [0.4, 0.5) is 5.95 Å². The van der Waals surface area contributed by atoms with E-state index < -0.39 is 0 Å². The van der Waals surface area contributed by atoms with Crippen LogP contribution in [0, 0.1) is 5.41 Å². The predicted molar refractivity (Wildman–Crippen MR) is 65.9 cm³/mol. The van der Waals surface area contributed by atoms with E-state index in [2.05, 4.69) is 36.2 Å². The third-order valence-corrected chi connectivity index (χ3v) is 2.30. The molecule has 2 rings (SSSR count). The number of halogens is 1. The summed E-state index contributed by atoms with van der Waals surface area (Å²) in [6.45, 7) is 7.31. The van der Waals surface area contributed by atoms with Gasteiger partial charge in [-0.2, -0.15) is 4.98 Å². The summed E-state index contributed by atoms with van der Waals surface area (Å²) in [4.78, 5) is 4.34. The molecule has 4 nitrogen and oxygen atoms in total. The quantitative estimate of drug-likeness (QED) is 0.875. The number of fused-ring (bicyclic) bond motifs is 1. The maximum absolute atomic E-state index is 5.87. The number of aromatic nitrogens is 3. The van der Waals surface area contributed by atoms with Gasteiger partial charge in [-0.05, 0) is 17.5 Å². The lowest BCUT2D eigenvalue weighted by Gasteiger charge is -2.17. The molecule has 0 atom stereocenters. The van der Waals surface area contributed by atoms with E-state index in [9.17, 15) is 0 Å². The Kier molecular flexibility index (Phi) is 2.76. The molecule has 0 fully saturated rings. The number of rotatable bonds is 2. The van der Waals surface area contributed by atoms with Crippen LogP contribution in [-0.2, 0) is 0 Å². The summed E-state index contributed by atoms with van der Waals surface area (Å²) in [7, 11) is 0. The Bertz CT molecular complexity index is 498. The lowest BCUT2D eigenvalue weighted by Crippen LogP contribution is -2.19. The van der Waals surface area contributed by atoms with E-state index in [1.54, 1.807) is 16.8 Å². The number of nitrogens with one attached hydrogen (secondary N) is 1. The Morgan fingerprint density at radius 2 is 2.12 bits per heavy atom. The van der Waals surface area contributed by atoms with E-state index >= 15 is 0 Å². The molecular weight excluding hydrogens is 224 g/mol. The third kappa shape index (κ3) is 2.64. The van der Waals surface area contributed by atoms with Gasteiger partial charge in [0.05, 0.1) is 5.02 Å². The first-order valence-electron chi connectivity index (χ1n) is 5.20. The van der Waals surface area contributed by atoms with Crippen molar-refractivity contribution in [2.75, 3.05) is 11.9 Å². The average molecular weight is 239 g/mol. The van der Waals surface area contributed by atoms with Crippen molar-refractivity contribution >= 4 is 23.2 Å². The summed E-state index contributed by atoms with van der Waals surface area (Å²) in [6, 6.07) is 3.65. The standard InChI is InChI=1S/C11H15ClN4/c1-11(2,3)7-13-10-14-9-5-4-8(12)6-16(9)15-10/h4-6H,7H2,1-3H3,(H,13,15). The Balaban J connectivity index is 2.20. The SMILES string of the molecule is CC(C)(C)CNc1nc2ccc(Cl)cn2n1. The van der Waals surface area contributed by atoms with Crippen LogP contribution in [0.25, 0.3) is 5.65 Å². The lowest BCUT2D eigenvalue weighted by atomic mass is 9.97. The number of pyridine rings is 1. The Morgan fingerprint density at radius 3 is 2.81 bits per heavy atom. The second-order valence-corrected chi connectivity index (χ2v) is 5.44. The van der Waals surface area contributed by atoms with Crippen molar-refractivity contribution in [1.29, 1.82) is 0 Å². The molecule has 0 radical (unpaired) electrons. The maximum atomic E-state index is 5.87. The smallest absolute Gasteiger partial charge is 0.243 e. The number of anilines is 1. The molecule has 2 heterocycles. The minimum atomic E-state index is 0.203. The summed E-state index contributed by atoms with van der Waals surface area (Å²) in [6.07, 6.45) is 1.74. The molecule has 16 heavy (non-hydrogen) atoms. The van der Waals surface area contributed by atoms with Crippen molar-refractivity contribution in [3.05, 3.63) is 23.4 Å².